The van der Waals surface area contributed by atoms with E-state index < -0.39 is 0 Å². The molecule has 3 nitrogen and oxygen atoms in total. The lowest BCUT2D eigenvalue weighted by Crippen LogP contribution is -2.54. The van der Waals surface area contributed by atoms with Gasteiger partial charge in [-0.2, -0.15) is 0 Å². The molecule has 0 spiro atoms. The van der Waals surface area contributed by atoms with Crippen LogP contribution < -0.4 is 0 Å². The van der Waals surface area contributed by atoms with Gasteiger partial charge in [-0.1, -0.05) is 20.8 Å². The van der Waals surface area contributed by atoms with Gasteiger partial charge in [0.1, 0.15) is 12.4 Å². The number of rotatable bonds is 3. The molecule has 3 heteroatoms. The van der Waals surface area contributed by atoms with E-state index in [1.165, 1.54) is 51.2 Å². The van der Waals surface area contributed by atoms with Crippen LogP contribution in [0.4, 0.5) is 0 Å². The maximum absolute atomic E-state index is 11.5. The van der Waals surface area contributed by atoms with Crippen LogP contribution in [-0.2, 0) is 14.3 Å². The van der Waals surface area contributed by atoms with Crippen molar-refractivity contribution in [1.82, 2.24) is 0 Å². The van der Waals surface area contributed by atoms with Crippen LogP contribution in [0.5, 0.6) is 0 Å². The summed E-state index contributed by atoms with van der Waals surface area (Å²) < 4.78 is 5.59. The zero-order valence-electron chi connectivity index (χ0n) is 17.7. The molecule has 4 aliphatic carbocycles. The molecule has 0 amide bonds. The molecular weight excluding hydrogens is 336 g/mol. The Morgan fingerprint density at radius 2 is 1.70 bits per heavy atom. The van der Waals surface area contributed by atoms with Gasteiger partial charge in [0, 0.05) is 12.8 Å². The van der Waals surface area contributed by atoms with Gasteiger partial charge in [-0.3, -0.25) is 4.79 Å². The number of hydrogen-bond acceptors (Lipinski definition) is 3. The first kappa shape index (κ1) is 19.5. The van der Waals surface area contributed by atoms with E-state index in [1.54, 1.807) is 6.92 Å². The maximum atomic E-state index is 11.5. The Bertz CT molecular complexity index is 600. The van der Waals surface area contributed by atoms with E-state index in [9.17, 15) is 9.59 Å². The van der Waals surface area contributed by atoms with Crippen molar-refractivity contribution in [3.8, 4) is 0 Å². The molecule has 0 aromatic rings. The van der Waals surface area contributed by atoms with Crippen LogP contribution in [0.1, 0.15) is 85.5 Å². The quantitative estimate of drug-likeness (QED) is 0.490. The van der Waals surface area contributed by atoms with Crippen LogP contribution in [0.25, 0.3) is 0 Å². The van der Waals surface area contributed by atoms with Crippen molar-refractivity contribution in [3.05, 3.63) is 0 Å². The number of ether oxygens (including phenoxy) is 1. The van der Waals surface area contributed by atoms with Crippen molar-refractivity contribution in [2.75, 3.05) is 0 Å². The SMILES string of the molecule is CC(=O)OC1CC[C@@]2(C)C(CC[C@H]3[C@@H]4CC[C@H](C(C)C=O)[C@@]4(C)CC[C@@H]32)C1. The van der Waals surface area contributed by atoms with Gasteiger partial charge in [0.2, 0.25) is 0 Å². The summed E-state index contributed by atoms with van der Waals surface area (Å²) in [7, 11) is 0. The van der Waals surface area contributed by atoms with Crippen molar-refractivity contribution in [2.45, 2.75) is 91.6 Å². The van der Waals surface area contributed by atoms with E-state index >= 15 is 0 Å². The molecular formula is C24H38O3. The van der Waals surface area contributed by atoms with Crippen molar-refractivity contribution in [3.63, 3.8) is 0 Å². The van der Waals surface area contributed by atoms with Crippen molar-refractivity contribution in [2.24, 2.45) is 46.3 Å². The highest BCUT2D eigenvalue weighted by Crippen LogP contribution is 2.68. The first-order valence-electron chi connectivity index (χ1n) is 11.4. The van der Waals surface area contributed by atoms with E-state index in [1.807, 2.05) is 0 Å². The number of carbonyl (C=O) groups is 2. The van der Waals surface area contributed by atoms with Crippen LogP contribution in [0.15, 0.2) is 0 Å². The second kappa shape index (κ2) is 6.88. The molecule has 4 fully saturated rings. The van der Waals surface area contributed by atoms with Gasteiger partial charge in [0.25, 0.3) is 0 Å². The third-order valence-corrected chi connectivity index (χ3v) is 9.87. The summed E-state index contributed by atoms with van der Waals surface area (Å²) >= 11 is 0. The van der Waals surface area contributed by atoms with E-state index in [4.69, 9.17) is 4.74 Å². The predicted molar refractivity (Wildman–Crippen MR) is 106 cm³/mol. The van der Waals surface area contributed by atoms with Gasteiger partial charge in [-0.15, -0.1) is 0 Å². The Labute approximate surface area is 165 Å². The summed E-state index contributed by atoms with van der Waals surface area (Å²) in [4.78, 5) is 22.9. The van der Waals surface area contributed by atoms with E-state index in [0.29, 0.717) is 22.7 Å². The van der Waals surface area contributed by atoms with Crippen LogP contribution >= 0.6 is 0 Å². The lowest BCUT2D eigenvalue weighted by molar-refractivity contribution is -0.160. The summed E-state index contributed by atoms with van der Waals surface area (Å²) in [6.07, 6.45) is 12.6. The second-order valence-corrected chi connectivity index (χ2v) is 10.9. The topological polar surface area (TPSA) is 43.4 Å². The van der Waals surface area contributed by atoms with Gasteiger partial charge in [-0.25, -0.2) is 0 Å². The standard InChI is InChI=1S/C24H38O3/c1-15(14-25)20-7-8-21-19-6-5-17-13-18(27-16(2)26)9-11-23(17,3)22(19)10-12-24(20,21)4/h14-15,17-22H,5-13H2,1-4H3/t15?,17?,18?,19-,20+,21-,22-,23-,24+/m0/s1. The number of esters is 1. The Morgan fingerprint density at radius 3 is 2.41 bits per heavy atom. The molecule has 0 N–H and O–H groups in total. The number of aldehydes is 1. The van der Waals surface area contributed by atoms with Gasteiger partial charge in [0.15, 0.2) is 0 Å². The summed E-state index contributed by atoms with van der Waals surface area (Å²) in [5, 5.41) is 0. The fourth-order valence-electron chi connectivity index (χ4n) is 8.56. The molecule has 4 rings (SSSR count). The second-order valence-electron chi connectivity index (χ2n) is 10.9. The maximum Gasteiger partial charge on any atom is 0.302 e. The third-order valence-electron chi connectivity index (χ3n) is 9.87. The summed E-state index contributed by atoms with van der Waals surface area (Å²) in [5.41, 5.74) is 0.800. The minimum absolute atomic E-state index is 0.119. The van der Waals surface area contributed by atoms with Crippen LogP contribution in [0.2, 0.25) is 0 Å². The largest absolute Gasteiger partial charge is 0.463 e. The lowest BCUT2D eigenvalue weighted by Gasteiger charge is -2.61. The summed E-state index contributed by atoms with van der Waals surface area (Å²) in [5.74, 6) is 3.89. The smallest absolute Gasteiger partial charge is 0.302 e. The monoisotopic (exact) mass is 374 g/mol. The molecule has 0 aliphatic heterocycles. The van der Waals surface area contributed by atoms with Crippen LogP contribution in [0, 0.1) is 46.3 Å². The molecule has 27 heavy (non-hydrogen) atoms. The molecule has 152 valence electrons. The Morgan fingerprint density at radius 1 is 1.00 bits per heavy atom. The Kier molecular flexibility index (Phi) is 4.96. The highest BCUT2D eigenvalue weighted by atomic mass is 16.5. The number of carbonyl (C=O) groups excluding carboxylic acids is 2. The van der Waals surface area contributed by atoms with Crippen molar-refractivity contribution in [1.29, 1.82) is 0 Å². The highest BCUT2D eigenvalue weighted by molar-refractivity contribution is 5.66. The van der Waals surface area contributed by atoms with Gasteiger partial charge >= 0.3 is 5.97 Å². The van der Waals surface area contributed by atoms with Crippen LogP contribution in [-0.4, -0.2) is 18.4 Å². The fourth-order valence-corrected chi connectivity index (χ4v) is 8.56. The zero-order valence-corrected chi connectivity index (χ0v) is 17.7. The molecule has 0 aromatic carbocycles. The van der Waals surface area contributed by atoms with Crippen molar-refractivity contribution >= 4 is 12.3 Å². The average Bonchev–Trinajstić information content (AvgIpc) is 2.98. The first-order valence-corrected chi connectivity index (χ1v) is 11.4. The first-order chi connectivity index (χ1) is 12.8. The molecule has 4 saturated carbocycles. The van der Waals surface area contributed by atoms with Gasteiger partial charge in [-0.05, 0) is 98.2 Å². The van der Waals surface area contributed by atoms with Gasteiger partial charge in [0.05, 0.1) is 0 Å². The molecule has 9 atom stereocenters. The zero-order chi connectivity index (χ0) is 19.4. The van der Waals surface area contributed by atoms with E-state index in [-0.39, 0.29) is 18.0 Å². The van der Waals surface area contributed by atoms with E-state index in [2.05, 4.69) is 20.8 Å². The van der Waals surface area contributed by atoms with Gasteiger partial charge < -0.3 is 9.53 Å². The molecule has 3 unspecified atom stereocenters. The number of hydrogen-bond donors (Lipinski definition) is 0. The minimum atomic E-state index is -0.119. The van der Waals surface area contributed by atoms with Crippen LogP contribution in [0.3, 0.4) is 0 Å². The molecule has 0 heterocycles. The molecule has 0 radical (unpaired) electrons. The molecule has 0 saturated heterocycles. The summed E-state index contributed by atoms with van der Waals surface area (Å²) in [6, 6.07) is 0. The average molecular weight is 375 g/mol. The fraction of sp³-hybridized carbons (Fsp3) is 0.917. The Balaban J connectivity index is 1.53. The van der Waals surface area contributed by atoms with E-state index in [0.717, 1.165) is 30.6 Å². The van der Waals surface area contributed by atoms with Crippen molar-refractivity contribution < 1.29 is 14.3 Å². The minimum Gasteiger partial charge on any atom is -0.463 e. The number of fused-ring (bicyclic) bond motifs is 5. The normalized spacial score (nSPS) is 50.1. The summed E-state index contributed by atoms with van der Waals surface area (Å²) in [6.45, 7) is 8.76. The predicted octanol–water partition coefficient (Wildman–Crippen LogP) is 5.41. The molecule has 4 aliphatic rings. The third kappa shape index (κ3) is 2.99. The Hall–Kier alpha value is -0.860. The lowest BCUT2D eigenvalue weighted by atomic mass is 9.44. The highest BCUT2D eigenvalue weighted by Gasteiger charge is 2.60. The molecule has 0 bridgehead atoms. The molecule has 0 aromatic heterocycles.